The molecule has 0 aliphatic carbocycles. The monoisotopic (exact) mass is 374 g/mol. The molecule has 0 spiro atoms. The molecule has 0 bridgehead atoms. The summed E-state index contributed by atoms with van der Waals surface area (Å²) in [5.74, 6) is 0.601. The molecule has 0 aliphatic heterocycles. The molecule has 1 N–H and O–H groups in total. The van der Waals surface area contributed by atoms with Crippen LogP contribution < -0.4 is 10.1 Å². The van der Waals surface area contributed by atoms with Crippen LogP contribution in [0.5, 0.6) is 5.88 Å². The number of nitrogens with one attached hydrogen (secondary N) is 1. The Hall–Kier alpha value is -0.593. The van der Waals surface area contributed by atoms with Crippen molar-refractivity contribution in [3.63, 3.8) is 0 Å². The third-order valence-corrected chi connectivity index (χ3v) is 8.84. The summed E-state index contributed by atoms with van der Waals surface area (Å²) in [5, 5.41) is 3.64. The molecule has 0 radical (unpaired) electrons. The smallest absolute Gasteiger partial charge is 0.216 e. The van der Waals surface area contributed by atoms with Crippen molar-refractivity contribution in [2.24, 2.45) is 0 Å². The van der Waals surface area contributed by atoms with Gasteiger partial charge >= 0.3 is 0 Å². The van der Waals surface area contributed by atoms with Crippen LogP contribution in [0.15, 0.2) is 16.7 Å². The minimum absolute atomic E-state index is 0.268. The molecule has 1 aromatic heterocycles. The van der Waals surface area contributed by atoms with Crippen molar-refractivity contribution in [3.8, 4) is 5.88 Å². The summed E-state index contributed by atoms with van der Waals surface area (Å²) in [7, 11) is -0.00646. The molecule has 0 saturated carbocycles. The highest BCUT2D eigenvalue weighted by atomic mass is 79.9. The van der Waals surface area contributed by atoms with Gasteiger partial charge in [0.1, 0.15) is 4.60 Å². The highest BCUT2D eigenvalue weighted by molar-refractivity contribution is 9.10. The highest BCUT2D eigenvalue weighted by Gasteiger charge is 2.36. The van der Waals surface area contributed by atoms with Crippen molar-refractivity contribution in [3.05, 3.63) is 16.7 Å². The van der Waals surface area contributed by atoms with E-state index in [9.17, 15) is 0 Å². The van der Waals surface area contributed by atoms with Gasteiger partial charge in [-0.3, -0.25) is 0 Å². The number of aromatic nitrogens is 1. The van der Waals surface area contributed by atoms with Gasteiger partial charge in [-0.1, -0.05) is 20.8 Å². The van der Waals surface area contributed by atoms with Gasteiger partial charge in [-0.05, 0) is 46.5 Å². The molecular weight excluding hydrogens is 348 g/mol. The first-order valence-electron chi connectivity index (χ1n) is 7.25. The topological polar surface area (TPSA) is 43.4 Å². The van der Waals surface area contributed by atoms with Crippen molar-refractivity contribution in [2.75, 3.05) is 25.6 Å². The second kappa shape index (κ2) is 7.60. The molecule has 1 aromatic rings. The van der Waals surface area contributed by atoms with Crippen molar-refractivity contribution in [1.29, 1.82) is 0 Å². The molecule has 1 heterocycles. The molecule has 0 aromatic carbocycles. The van der Waals surface area contributed by atoms with Crippen LogP contribution in [-0.4, -0.2) is 33.6 Å². The van der Waals surface area contributed by atoms with Crippen molar-refractivity contribution in [1.82, 2.24) is 4.98 Å². The van der Waals surface area contributed by atoms with E-state index in [0.717, 1.165) is 29.9 Å². The zero-order chi connectivity index (χ0) is 16.1. The lowest BCUT2D eigenvalue weighted by atomic mass is 10.2. The van der Waals surface area contributed by atoms with Crippen LogP contribution in [0.4, 0.5) is 5.69 Å². The number of methoxy groups -OCH3 is 1. The van der Waals surface area contributed by atoms with Crippen LogP contribution in [0.3, 0.4) is 0 Å². The number of halogens is 1. The number of pyridine rings is 1. The summed E-state index contributed by atoms with van der Waals surface area (Å²) >= 11 is 3.37. The first kappa shape index (κ1) is 18.5. The summed E-state index contributed by atoms with van der Waals surface area (Å²) < 4.78 is 12.1. The van der Waals surface area contributed by atoms with Crippen LogP contribution in [0.1, 0.15) is 27.2 Å². The van der Waals surface area contributed by atoms with Crippen LogP contribution >= 0.6 is 15.9 Å². The normalized spacial score (nSPS) is 12.3. The average molecular weight is 375 g/mol. The number of hydrogen-bond acceptors (Lipinski definition) is 4. The molecule has 120 valence electrons. The van der Waals surface area contributed by atoms with Crippen molar-refractivity contribution >= 4 is 29.9 Å². The minimum Gasteiger partial charge on any atom is -0.481 e. The summed E-state index contributed by atoms with van der Waals surface area (Å²) in [4.78, 5) is 4.19. The van der Waals surface area contributed by atoms with Crippen LogP contribution in [-0.2, 0) is 4.43 Å². The van der Waals surface area contributed by atoms with E-state index < -0.39 is 8.32 Å². The number of nitrogens with zero attached hydrogens (tertiary/aromatic N) is 1. The third kappa shape index (κ3) is 5.96. The SMILES string of the molecule is COc1cc(NCCCO[Si](C)(C)C(C)(C)C)cc(Br)n1. The molecule has 0 amide bonds. The minimum atomic E-state index is -1.62. The molecule has 1 rings (SSSR count). The lowest BCUT2D eigenvalue weighted by Crippen LogP contribution is -2.41. The van der Waals surface area contributed by atoms with E-state index in [4.69, 9.17) is 9.16 Å². The molecule has 0 unspecified atom stereocenters. The fraction of sp³-hybridized carbons (Fsp3) is 0.667. The van der Waals surface area contributed by atoms with Crippen molar-refractivity contribution in [2.45, 2.75) is 45.3 Å². The number of rotatable bonds is 7. The third-order valence-electron chi connectivity index (χ3n) is 3.90. The Labute approximate surface area is 137 Å². The maximum Gasteiger partial charge on any atom is 0.216 e. The molecule has 6 heteroatoms. The molecule has 0 aliphatic rings. The Bertz CT molecular complexity index is 461. The van der Waals surface area contributed by atoms with Gasteiger partial charge in [0.2, 0.25) is 5.88 Å². The van der Waals surface area contributed by atoms with E-state index in [1.165, 1.54) is 0 Å². The Morgan fingerprint density at radius 2 is 1.95 bits per heavy atom. The Balaban J connectivity index is 2.37. The quantitative estimate of drug-likeness (QED) is 0.427. The van der Waals surface area contributed by atoms with E-state index in [0.29, 0.717) is 5.88 Å². The van der Waals surface area contributed by atoms with Gasteiger partial charge in [-0.2, -0.15) is 0 Å². The Morgan fingerprint density at radius 3 is 2.52 bits per heavy atom. The Kier molecular flexibility index (Phi) is 6.68. The second-order valence-electron chi connectivity index (χ2n) is 6.61. The van der Waals surface area contributed by atoms with Crippen LogP contribution in [0, 0.1) is 0 Å². The predicted molar refractivity (Wildman–Crippen MR) is 94.7 cm³/mol. The maximum atomic E-state index is 6.15. The maximum absolute atomic E-state index is 6.15. The first-order chi connectivity index (χ1) is 9.65. The summed E-state index contributed by atoms with van der Waals surface area (Å²) in [5.41, 5.74) is 1.00. The largest absolute Gasteiger partial charge is 0.481 e. The van der Waals surface area contributed by atoms with Gasteiger partial charge in [-0.25, -0.2) is 4.98 Å². The lowest BCUT2D eigenvalue weighted by molar-refractivity contribution is 0.286. The van der Waals surface area contributed by atoms with Gasteiger partial charge in [-0.15, -0.1) is 0 Å². The molecular formula is C15H27BrN2O2Si. The van der Waals surface area contributed by atoms with E-state index in [1.807, 2.05) is 12.1 Å². The first-order valence-corrected chi connectivity index (χ1v) is 11.0. The fourth-order valence-electron chi connectivity index (χ4n) is 1.53. The molecule has 0 atom stereocenters. The van der Waals surface area contributed by atoms with E-state index >= 15 is 0 Å². The van der Waals surface area contributed by atoms with Gasteiger partial charge in [0.25, 0.3) is 0 Å². The molecule has 0 saturated heterocycles. The zero-order valence-corrected chi connectivity index (χ0v) is 16.5. The van der Waals surface area contributed by atoms with Gasteiger partial charge < -0.3 is 14.5 Å². The summed E-state index contributed by atoms with van der Waals surface area (Å²) in [6.45, 7) is 13.0. The van der Waals surface area contributed by atoms with Gasteiger partial charge in [0.05, 0.1) is 7.11 Å². The summed E-state index contributed by atoms with van der Waals surface area (Å²) in [6, 6.07) is 3.83. The van der Waals surface area contributed by atoms with Gasteiger partial charge in [0.15, 0.2) is 8.32 Å². The van der Waals surface area contributed by atoms with Gasteiger partial charge in [0, 0.05) is 24.9 Å². The molecule has 0 fully saturated rings. The second-order valence-corrected chi connectivity index (χ2v) is 12.2. The number of anilines is 1. The lowest BCUT2D eigenvalue weighted by Gasteiger charge is -2.36. The van der Waals surface area contributed by atoms with E-state index in [-0.39, 0.29) is 5.04 Å². The van der Waals surface area contributed by atoms with Crippen LogP contribution in [0.25, 0.3) is 0 Å². The predicted octanol–water partition coefficient (Wildman–Crippen LogP) is 4.68. The molecule has 4 nitrogen and oxygen atoms in total. The average Bonchev–Trinajstić information content (AvgIpc) is 2.36. The summed E-state index contributed by atoms with van der Waals surface area (Å²) in [6.07, 6.45) is 0.981. The number of ether oxygens (including phenoxy) is 1. The molecule has 21 heavy (non-hydrogen) atoms. The van der Waals surface area contributed by atoms with Crippen LogP contribution in [0.2, 0.25) is 18.1 Å². The van der Waals surface area contributed by atoms with E-state index in [2.05, 4.69) is 60.1 Å². The highest BCUT2D eigenvalue weighted by Crippen LogP contribution is 2.36. The van der Waals surface area contributed by atoms with Crippen molar-refractivity contribution < 1.29 is 9.16 Å². The van der Waals surface area contributed by atoms with E-state index in [1.54, 1.807) is 7.11 Å². The number of hydrogen-bond donors (Lipinski definition) is 1. The Morgan fingerprint density at radius 1 is 1.29 bits per heavy atom. The fourth-order valence-corrected chi connectivity index (χ4v) is 3.04. The zero-order valence-electron chi connectivity index (χ0n) is 13.9. The standard InChI is InChI=1S/C15H27BrN2O2Si/c1-15(2,3)21(5,6)20-9-7-8-17-12-10-13(16)18-14(11-12)19-4/h10-11H,7-9H2,1-6H3,(H,17,18).